The van der Waals surface area contributed by atoms with Gasteiger partial charge < -0.3 is 15.5 Å². The van der Waals surface area contributed by atoms with E-state index >= 15 is 0 Å². The van der Waals surface area contributed by atoms with Crippen molar-refractivity contribution in [3.63, 3.8) is 0 Å². The fourth-order valence-corrected chi connectivity index (χ4v) is 3.02. The van der Waals surface area contributed by atoms with E-state index in [0.717, 1.165) is 24.9 Å². The Hall–Kier alpha value is -1.89. The van der Waals surface area contributed by atoms with E-state index in [1.54, 1.807) is 0 Å². The molecule has 1 aliphatic heterocycles. The van der Waals surface area contributed by atoms with Crippen LogP contribution in [0.1, 0.15) is 45.2 Å². The fourth-order valence-electron chi connectivity index (χ4n) is 3.02. The number of hydrogen-bond donors (Lipinski definition) is 2. The molecule has 1 fully saturated rings. The predicted molar refractivity (Wildman–Crippen MR) is 92.6 cm³/mol. The lowest BCUT2D eigenvalue weighted by Gasteiger charge is -2.33. The van der Waals surface area contributed by atoms with E-state index in [4.69, 9.17) is 0 Å². The SMILES string of the molecule is CC(=O)N[C@@H]1CCCN(C(=O)CN[C@@H](C)[C@@H](C)n2cc(C)cn2)C1. The number of nitrogens with one attached hydrogen (secondary N) is 2. The summed E-state index contributed by atoms with van der Waals surface area (Å²) >= 11 is 0. The lowest BCUT2D eigenvalue weighted by Crippen LogP contribution is -2.51. The summed E-state index contributed by atoms with van der Waals surface area (Å²) in [5, 5.41) is 10.5. The predicted octanol–water partition coefficient (Wildman–Crippen LogP) is 0.858. The molecule has 0 unspecified atom stereocenters. The van der Waals surface area contributed by atoms with Gasteiger partial charge in [0, 0.05) is 38.3 Å². The average Bonchev–Trinajstić information content (AvgIpc) is 2.97. The molecule has 0 radical (unpaired) electrons. The first kappa shape index (κ1) is 18.4. The van der Waals surface area contributed by atoms with Crippen LogP contribution in [-0.2, 0) is 9.59 Å². The molecule has 2 N–H and O–H groups in total. The molecule has 7 heteroatoms. The maximum atomic E-state index is 12.4. The Kier molecular flexibility index (Phi) is 6.36. The van der Waals surface area contributed by atoms with Crippen molar-refractivity contribution in [3.8, 4) is 0 Å². The highest BCUT2D eigenvalue weighted by Crippen LogP contribution is 2.12. The van der Waals surface area contributed by atoms with Gasteiger partial charge in [-0.1, -0.05) is 0 Å². The molecule has 0 bridgehead atoms. The van der Waals surface area contributed by atoms with Crippen molar-refractivity contribution in [2.75, 3.05) is 19.6 Å². The van der Waals surface area contributed by atoms with Crippen molar-refractivity contribution in [1.29, 1.82) is 0 Å². The Morgan fingerprint density at radius 2 is 2.17 bits per heavy atom. The number of carbonyl (C=O) groups excluding carboxylic acids is 2. The summed E-state index contributed by atoms with van der Waals surface area (Å²) in [7, 11) is 0. The van der Waals surface area contributed by atoms with Crippen molar-refractivity contribution >= 4 is 11.8 Å². The number of aryl methyl sites for hydroxylation is 1. The topological polar surface area (TPSA) is 79.3 Å². The Balaban J connectivity index is 1.80. The molecule has 2 rings (SSSR count). The summed E-state index contributed by atoms with van der Waals surface area (Å²) in [4.78, 5) is 25.4. The molecule has 7 nitrogen and oxygen atoms in total. The molecule has 2 amide bonds. The number of nitrogens with zero attached hydrogens (tertiary/aromatic N) is 3. The summed E-state index contributed by atoms with van der Waals surface area (Å²) in [5.41, 5.74) is 1.13. The van der Waals surface area contributed by atoms with Crippen LogP contribution in [0.2, 0.25) is 0 Å². The molecule has 0 spiro atoms. The summed E-state index contributed by atoms with van der Waals surface area (Å²) in [5.74, 6) is 0.0464. The second-order valence-electron chi connectivity index (χ2n) is 6.79. The third-order valence-electron chi connectivity index (χ3n) is 4.63. The zero-order chi connectivity index (χ0) is 17.7. The van der Waals surface area contributed by atoms with Crippen LogP contribution in [0.5, 0.6) is 0 Å². The molecule has 24 heavy (non-hydrogen) atoms. The molecule has 3 atom stereocenters. The van der Waals surface area contributed by atoms with Crippen molar-refractivity contribution in [3.05, 3.63) is 18.0 Å². The van der Waals surface area contributed by atoms with E-state index in [1.807, 2.05) is 28.9 Å². The molecule has 0 aliphatic carbocycles. The summed E-state index contributed by atoms with van der Waals surface area (Å²) in [6.45, 7) is 9.34. The summed E-state index contributed by atoms with van der Waals surface area (Å²) in [6, 6.07) is 0.368. The zero-order valence-corrected chi connectivity index (χ0v) is 15.1. The largest absolute Gasteiger partial charge is 0.352 e. The van der Waals surface area contributed by atoms with E-state index in [9.17, 15) is 9.59 Å². The number of aromatic nitrogens is 2. The van der Waals surface area contributed by atoms with Gasteiger partial charge in [0.2, 0.25) is 11.8 Å². The highest BCUT2D eigenvalue weighted by Gasteiger charge is 2.24. The maximum Gasteiger partial charge on any atom is 0.236 e. The van der Waals surface area contributed by atoms with Gasteiger partial charge in [0.1, 0.15) is 0 Å². The number of hydrogen-bond acceptors (Lipinski definition) is 4. The van der Waals surface area contributed by atoms with Gasteiger partial charge in [-0.2, -0.15) is 5.10 Å². The highest BCUT2D eigenvalue weighted by atomic mass is 16.2. The monoisotopic (exact) mass is 335 g/mol. The molecule has 1 aliphatic rings. The zero-order valence-electron chi connectivity index (χ0n) is 15.1. The average molecular weight is 335 g/mol. The van der Waals surface area contributed by atoms with E-state index in [-0.39, 0.29) is 29.9 Å². The van der Waals surface area contributed by atoms with Crippen molar-refractivity contribution in [2.24, 2.45) is 0 Å². The second-order valence-corrected chi connectivity index (χ2v) is 6.79. The van der Waals surface area contributed by atoms with Gasteiger partial charge in [0.25, 0.3) is 0 Å². The van der Waals surface area contributed by atoms with Crippen LogP contribution in [0.3, 0.4) is 0 Å². The lowest BCUT2D eigenvalue weighted by atomic mass is 10.1. The van der Waals surface area contributed by atoms with Gasteiger partial charge in [-0.25, -0.2) is 0 Å². The van der Waals surface area contributed by atoms with Crippen LogP contribution in [0.4, 0.5) is 0 Å². The quantitative estimate of drug-likeness (QED) is 0.808. The molecule has 1 aromatic heterocycles. The van der Waals surface area contributed by atoms with Crippen molar-refractivity contribution in [1.82, 2.24) is 25.3 Å². The molecule has 0 saturated carbocycles. The minimum absolute atomic E-state index is 0.0376. The van der Waals surface area contributed by atoms with Crippen LogP contribution in [0.25, 0.3) is 0 Å². The number of rotatable bonds is 6. The van der Waals surface area contributed by atoms with Gasteiger partial charge in [-0.05, 0) is 39.2 Å². The highest BCUT2D eigenvalue weighted by molar-refractivity contribution is 5.78. The van der Waals surface area contributed by atoms with Crippen LogP contribution < -0.4 is 10.6 Å². The Bertz CT molecular complexity index is 571. The maximum absolute atomic E-state index is 12.4. The minimum atomic E-state index is -0.0376. The second kappa shape index (κ2) is 8.28. The third-order valence-corrected chi connectivity index (χ3v) is 4.63. The van der Waals surface area contributed by atoms with E-state index in [2.05, 4.69) is 29.6 Å². The van der Waals surface area contributed by atoms with Crippen molar-refractivity contribution in [2.45, 2.75) is 58.7 Å². The van der Waals surface area contributed by atoms with Crippen LogP contribution in [-0.4, -0.2) is 58.2 Å². The number of carbonyl (C=O) groups is 2. The standard InChI is InChI=1S/C17H29N5O2/c1-12-8-19-22(10-12)14(3)13(2)18-9-17(24)21-7-5-6-16(11-21)20-15(4)23/h8,10,13-14,16,18H,5-7,9,11H2,1-4H3,(H,20,23)/t13-,14+,16+/m0/s1. The van der Waals surface area contributed by atoms with Crippen molar-refractivity contribution < 1.29 is 9.59 Å². The summed E-state index contributed by atoms with van der Waals surface area (Å²) in [6.07, 6.45) is 5.70. The fraction of sp³-hybridized carbons (Fsp3) is 0.706. The smallest absolute Gasteiger partial charge is 0.236 e. The lowest BCUT2D eigenvalue weighted by molar-refractivity contribution is -0.132. The number of piperidine rings is 1. The molecular weight excluding hydrogens is 306 g/mol. The number of amides is 2. The van der Waals surface area contributed by atoms with Gasteiger partial charge in [0.05, 0.1) is 18.8 Å². The number of likely N-dealkylation sites (tertiary alicyclic amines) is 1. The first-order valence-corrected chi connectivity index (χ1v) is 8.66. The van der Waals surface area contributed by atoms with Gasteiger partial charge >= 0.3 is 0 Å². The first-order chi connectivity index (χ1) is 11.4. The van der Waals surface area contributed by atoms with Crippen LogP contribution in [0.15, 0.2) is 12.4 Å². The third kappa shape index (κ3) is 5.06. The molecule has 134 valence electrons. The molecule has 2 heterocycles. The Morgan fingerprint density at radius 3 is 2.79 bits per heavy atom. The Labute approximate surface area is 143 Å². The van der Waals surface area contributed by atoms with Gasteiger partial charge in [-0.3, -0.25) is 14.3 Å². The van der Waals surface area contributed by atoms with E-state index in [0.29, 0.717) is 13.1 Å². The Morgan fingerprint density at radius 1 is 1.42 bits per heavy atom. The van der Waals surface area contributed by atoms with E-state index < -0.39 is 0 Å². The van der Waals surface area contributed by atoms with E-state index in [1.165, 1.54) is 6.92 Å². The molecule has 0 aromatic carbocycles. The minimum Gasteiger partial charge on any atom is -0.352 e. The first-order valence-electron chi connectivity index (χ1n) is 8.66. The molecular formula is C17H29N5O2. The van der Waals surface area contributed by atoms with Crippen LogP contribution in [0, 0.1) is 6.92 Å². The van der Waals surface area contributed by atoms with Crippen LogP contribution >= 0.6 is 0 Å². The van der Waals surface area contributed by atoms with Gasteiger partial charge in [-0.15, -0.1) is 0 Å². The molecule has 1 aromatic rings. The summed E-state index contributed by atoms with van der Waals surface area (Å²) < 4.78 is 1.92. The normalized spacial score (nSPS) is 20.5. The molecule has 1 saturated heterocycles. The van der Waals surface area contributed by atoms with Gasteiger partial charge in [0.15, 0.2) is 0 Å².